The molecule has 0 amide bonds. The number of hydrogen-bond donors (Lipinski definition) is 1. The van der Waals surface area contributed by atoms with E-state index in [0.717, 1.165) is 28.3 Å². The molecule has 2 rings (SSSR count). The summed E-state index contributed by atoms with van der Waals surface area (Å²) in [7, 11) is 0. The Morgan fingerprint density at radius 2 is 2.33 bits per heavy atom. The maximum atomic E-state index is 4.05. The summed E-state index contributed by atoms with van der Waals surface area (Å²) in [5.74, 6) is 0.885. The molecule has 1 aromatic heterocycles. The Kier molecular flexibility index (Phi) is 2.53. The lowest BCUT2D eigenvalue weighted by molar-refractivity contribution is 0.922. The normalized spacial score (nSPS) is 15.3. The minimum Gasteiger partial charge on any atom is -0.365 e. The van der Waals surface area contributed by atoms with Crippen molar-refractivity contribution in [3.05, 3.63) is 9.77 Å². The molecule has 0 bridgehead atoms. The Balaban J connectivity index is 2.47. The molecule has 0 atom stereocenters. The molecule has 6 heteroatoms. The van der Waals surface area contributed by atoms with Gasteiger partial charge in [0.25, 0.3) is 0 Å². The van der Waals surface area contributed by atoms with Gasteiger partial charge in [-0.3, -0.25) is 0 Å². The van der Waals surface area contributed by atoms with Crippen LogP contribution >= 0.6 is 45.5 Å². The minimum absolute atomic E-state index is 0.885. The van der Waals surface area contributed by atoms with Gasteiger partial charge in [-0.25, -0.2) is 0 Å². The van der Waals surface area contributed by atoms with Crippen molar-refractivity contribution in [1.29, 1.82) is 0 Å². The first kappa shape index (κ1) is 8.73. The highest BCUT2D eigenvalue weighted by molar-refractivity contribution is 14.1. The van der Waals surface area contributed by atoms with Crippen molar-refractivity contribution in [3.63, 3.8) is 0 Å². The number of rotatable bonds is 0. The number of nitrogens with zero attached hydrogens (tertiary/aromatic N) is 3. The molecule has 1 aliphatic heterocycles. The van der Waals surface area contributed by atoms with E-state index in [1.165, 1.54) is 0 Å². The number of hydrogen-bond acceptors (Lipinski definition) is 4. The van der Waals surface area contributed by atoms with Crippen LogP contribution in [-0.4, -0.2) is 23.3 Å². The van der Waals surface area contributed by atoms with Gasteiger partial charge in [-0.2, -0.15) is 0 Å². The van der Waals surface area contributed by atoms with E-state index in [0.29, 0.717) is 0 Å². The van der Waals surface area contributed by atoms with Crippen LogP contribution in [0.5, 0.6) is 0 Å². The van der Waals surface area contributed by atoms with Gasteiger partial charge < -0.3 is 8.43 Å². The number of nitrogens with one attached hydrogen (secondary N) is 1. The zero-order valence-electron chi connectivity index (χ0n) is 6.09. The Hall–Kier alpha value is 0.140. The summed E-state index contributed by atoms with van der Waals surface area (Å²) in [6, 6.07) is 2.03. The molecule has 1 aromatic rings. The van der Waals surface area contributed by atoms with Crippen molar-refractivity contribution < 1.29 is 0 Å². The van der Waals surface area contributed by atoms with Crippen LogP contribution < -0.4 is 8.43 Å². The van der Waals surface area contributed by atoms with Gasteiger partial charge in [-0.1, -0.05) is 0 Å². The molecule has 0 radical (unpaired) electrons. The number of anilines is 2. The molecular weight excluding hydrogens is 382 g/mol. The Bertz CT molecular complexity index is 304. The highest BCUT2D eigenvalue weighted by Crippen LogP contribution is 2.29. The fourth-order valence-electron chi connectivity index (χ4n) is 1.06. The highest BCUT2D eigenvalue weighted by atomic mass is 127. The second-order valence-corrected chi connectivity index (χ2v) is 4.68. The van der Waals surface area contributed by atoms with Crippen LogP contribution in [0.1, 0.15) is 0 Å². The van der Waals surface area contributed by atoms with Gasteiger partial charge >= 0.3 is 0 Å². The second-order valence-electron chi connectivity index (χ2n) is 2.41. The van der Waals surface area contributed by atoms with E-state index in [-0.39, 0.29) is 0 Å². The molecule has 0 unspecified atom stereocenters. The quantitative estimate of drug-likeness (QED) is 0.543. The van der Waals surface area contributed by atoms with Crippen LogP contribution in [0.2, 0.25) is 0 Å². The lowest BCUT2D eigenvalue weighted by Crippen LogP contribution is -2.27. The minimum atomic E-state index is 0.885. The molecule has 4 nitrogen and oxygen atoms in total. The van der Waals surface area contributed by atoms with E-state index in [2.05, 4.69) is 64.1 Å². The van der Waals surface area contributed by atoms with Crippen LogP contribution in [0.4, 0.5) is 11.5 Å². The van der Waals surface area contributed by atoms with Gasteiger partial charge in [-0.15, -0.1) is 10.2 Å². The predicted octanol–water partition coefficient (Wildman–Crippen LogP) is 1.66. The average molecular weight is 388 g/mol. The van der Waals surface area contributed by atoms with Crippen molar-refractivity contribution in [3.8, 4) is 0 Å². The predicted molar refractivity (Wildman–Crippen MR) is 64.6 cm³/mol. The molecule has 0 saturated heterocycles. The first-order chi connectivity index (χ1) is 5.77. The van der Waals surface area contributed by atoms with Crippen molar-refractivity contribution in [2.24, 2.45) is 0 Å². The molecular formula is C6H6I2N4. The van der Waals surface area contributed by atoms with Gasteiger partial charge in [-0.05, 0) is 28.7 Å². The Labute approximate surface area is 97.8 Å². The molecule has 1 aliphatic rings. The Morgan fingerprint density at radius 1 is 1.50 bits per heavy atom. The van der Waals surface area contributed by atoms with Crippen LogP contribution in [0.15, 0.2) is 6.07 Å². The monoisotopic (exact) mass is 388 g/mol. The Morgan fingerprint density at radius 3 is 3.17 bits per heavy atom. The van der Waals surface area contributed by atoms with Crippen molar-refractivity contribution in [2.75, 3.05) is 21.5 Å². The third kappa shape index (κ3) is 1.58. The molecule has 0 spiro atoms. The molecule has 2 heterocycles. The summed E-state index contributed by atoms with van der Waals surface area (Å²) in [6.07, 6.45) is 0. The van der Waals surface area contributed by atoms with E-state index >= 15 is 0 Å². The summed E-state index contributed by atoms with van der Waals surface area (Å²) in [4.78, 5) is 0. The maximum Gasteiger partial charge on any atom is 0.173 e. The fraction of sp³-hybridized carbons (Fsp3) is 0.333. The van der Waals surface area contributed by atoms with Crippen LogP contribution in [-0.2, 0) is 0 Å². The van der Waals surface area contributed by atoms with E-state index in [4.69, 9.17) is 0 Å². The largest absolute Gasteiger partial charge is 0.365 e. The molecule has 0 saturated carbocycles. The second kappa shape index (κ2) is 3.48. The standard InChI is InChI=1S/C6H6I2N4/c7-5-3-4-6(11-10-5)9-1-2-12(4)8/h3H,1-2H2,(H,9,11). The number of aromatic nitrogens is 2. The molecule has 1 N–H and O–H groups in total. The van der Waals surface area contributed by atoms with E-state index in [9.17, 15) is 0 Å². The summed E-state index contributed by atoms with van der Waals surface area (Å²) < 4.78 is 3.08. The summed E-state index contributed by atoms with van der Waals surface area (Å²) in [6.45, 7) is 1.94. The molecule has 0 aliphatic carbocycles. The van der Waals surface area contributed by atoms with Crippen LogP contribution in [0.25, 0.3) is 0 Å². The van der Waals surface area contributed by atoms with Gasteiger partial charge in [0, 0.05) is 13.1 Å². The zero-order chi connectivity index (χ0) is 8.55. The van der Waals surface area contributed by atoms with Crippen molar-refractivity contribution in [1.82, 2.24) is 10.2 Å². The zero-order valence-corrected chi connectivity index (χ0v) is 10.4. The molecule has 12 heavy (non-hydrogen) atoms. The topological polar surface area (TPSA) is 41.1 Å². The fourth-order valence-corrected chi connectivity index (χ4v) is 2.07. The van der Waals surface area contributed by atoms with Gasteiger partial charge in [0.1, 0.15) is 3.70 Å². The van der Waals surface area contributed by atoms with Crippen LogP contribution in [0, 0.1) is 3.70 Å². The van der Waals surface area contributed by atoms with Crippen LogP contribution in [0.3, 0.4) is 0 Å². The number of fused-ring (bicyclic) bond motifs is 1. The summed E-state index contributed by atoms with van der Waals surface area (Å²) in [5, 5.41) is 11.2. The number of halogens is 2. The average Bonchev–Trinajstić information content (AvgIpc) is 2.07. The van der Waals surface area contributed by atoms with Gasteiger partial charge in [0.15, 0.2) is 5.82 Å². The summed E-state index contributed by atoms with van der Waals surface area (Å²) >= 11 is 4.45. The third-order valence-electron chi connectivity index (χ3n) is 1.61. The lowest BCUT2D eigenvalue weighted by atomic mass is 10.3. The smallest absolute Gasteiger partial charge is 0.173 e. The molecule has 0 fully saturated rings. The first-order valence-corrected chi connectivity index (χ1v) is 5.52. The van der Waals surface area contributed by atoms with E-state index in [1.807, 2.05) is 6.07 Å². The van der Waals surface area contributed by atoms with E-state index < -0.39 is 0 Å². The third-order valence-corrected chi connectivity index (χ3v) is 3.14. The van der Waals surface area contributed by atoms with Gasteiger partial charge in [0.2, 0.25) is 0 Å². The SMILES string of the molecule is Ic1cc2c(nn1)NCCN2I. The highest BCUT2D eigenvalue weighted by Gasteiger charge is 2.15. The molecule has 64 valence electrons. The molecule has 0 aromatic carbocycles. The van der Waals surface area contributed by atoms with E-state index in [1.54, 1.807) is 0 Å². The maximum absolute atomic E-state index is 4.05. The lowest BCUT2D eigenvalue weighted by Gasteiger charge is -2.24. The first-order valence-electron chi connectivity index (χ1n) is 3.48. The van der Waals surface area contributed by atoms with Crippen molar-refractivity contribution >= 4 is 57.0 Å². The van der Waals surface area contributed by atoms with Gasteiger partial charge in [0.05, 0.1) is 28.6 Å². The van der Waals surface area contributed by atoms with Crippen molar-refractivity contribution in [2.45, 2.75) is 0 Å². The summed E-state index contributed by atoms with van der Waals surface area (Å²) in [5.41, 5.74) is 1.13.